The standard InChI is InChI=1S/C16H14F3N3O5/c1-26-15(25)11-8-22(4-5-23)14(24)13(11)21-12-6-10(27-16(17,18)19)3-2-9(12)7-20/h2-3,6,21,23H,4-5,8H2,1H3. The molecule has 1 aliphatic heterocycles. The molecule has 0 unspecified atom stereocenters. The lowest BCUT2D eigenvalue weighted by molar-refractivity contribution is -0.274. The van der Waals surface area contributed by atoms with Crippen LogP contribution in [0, 0.1) is 11.3 Å². The average molecular weight is 385 g/mol. The maximum atomic E-state index is 12.4. The molecule has 0 saturated carbocycles. The molecule has 144 valence electrons. The van der Waals surface area contributed by atoms with Crippen molar-refractivity contribution in [2.45, 2.75) is 6.36 Å². The molecular formula is C16H14F3N3O5. The molecule has 0 radical (unpaired) electrons. The van der Waals surface area contributed by atoms with E-state index in [1.165, 1.54) is 0 Å². The molecule has 0 aromatic heterocycles. The second-order valence-electron chi connectivity index (χ2n) is 5.29. The smallest absolute Gasteiger partial charge is 0.466 e. The van der Waals surface area contributed by atoms with E-state index in [0.29, 0.717) is 0 Å². The highest BCUT2D eigenvalue weighted by molar-refractivity contribution is 6.08. The van der Waals surface area contributed by atoms with E-state index in [0.717, 1.165) is 30.2 Å². The number of methoxy groups -OCH3 is 1. The summed E-state index contributed by atoms with van der Waals surface area (Å²) in [6.45, 7) is -0.576. The van der Waals surface area contributed by atoms with Crippen molar-refractivity contribution in [1.29, 1.82) is 5.26 Å². The van der Waals surface area contributed by atoms with Crippen molar-refractivity contribution < 1.29 is 37.3 Å². The number of aliphatic hydroxyl groups excluding tert-OH is 1. The Balaban J connectivity index is 2.42. The van der Waals surface area contributed by atoms with Crippen molar-refractivity contribution in [1.82, 2.24) is 4.90 Å². The van der Waals surface area contributed by atoms with E-state index < -0.39 is 24.0 Å². The summed E-state index contributed by atoms with van der Waals surface area (Å²) >= 11 is 0. The molecule has 2 N–H and O–H groups in total. The summed E-state index contributed by atoms with van der Waals surface area (Å²) in [7, 11) is 1.10. The molecule has 27 heavy (non-hydrogen) atoms. The zero-order valence-corrected chi connectivity index (χ0v) is 14.0. The third-order valence-corrected chi connectivity index (χ3v) is 3.56. The first-order valence-electron chi connectivity index (χ1n) is 7.48. The Morgan fingerprint density at radius 2 is 2.15 bits per heavy atom. The summed E-state index contributed by atoms with van der Waals surface area (Å²) in [6.07, 6.45) is -4.94. The molecule has 0 spiro atoms. The van der Waals surface area contributed by atoms with Crippen LogP contribution in [0.5, 0.6) is 5.75 Å². The van der Waals surface area contributed by atoms with Gasteiger partial charge in [0.15, 0.2) is 0 Å². The Bertz CT molecular complexity index is 830. The summed E-state index contributed by atoms with van der Waals surface area (Å²) in [5.41, 5.74) is -0.567. The Hall–Kier alpha value is -3.26. The molecule has 0 saturated heterocycles. The topological polar surface area (TPSA) is 112 Å². The number of alkyl halides is 3. The maximum Gasteiger partial charge on any atom is 0.573 e. The lowest BCUT2D eigenvalue weighted by Gasteiger charge is -2.16. The number of hydrogen-bond donors (Lipinski definition) is 2. The lowest BCUT2D eigenvalue weighted by atomic mass is 10.1. The van der Waals surface area contributed by atoms with Gasteiger partial charge in [-0.1, -0.05) is 0 Å². The fourth-order valence-corrected chi connectivity index (χ4v) is 2.41. The van der Waals surface area contributed by atoms with Crippen molar-refractivity contribution in [3.05, 3.63) is 35.0 Å². The second-order valence-corrected chi connectivity index (χ2v) is 5.29. The van der Waals surface area contributed by atoms with Crippen LogP contribution in [0.4, 0.5) is 18.9 Å². The zero-order chi connectivity index (χ0) is 20.2. The first-order chi connectivity index (χ1) is 12.7. The lowest BCUT2D eigenvalue weighted by Crippen LogP contribution is -2.31. The number of anilines is 1. The highest BCUT2D eigenvalue weighted by Gasteiger charge is 2.35. The number of rotatable bonds is 6. The van der Waals surface area contributed by atoms with E-state index in [4.69, 9.17) is 10.4 Å². The van der Waals surface area contributed by atoms with Gasteiger partial charge < -0.3 is 24.8 Å². The number of carbonyl (C=O) groups excluding carboxylic acids is 2. The molecule has 2 rings (SSSR count). The number of hydrogen-bond acceptors (Lipinski definition) is 7. The van der Waals surface area contributed by atoms with Crippen molar-refractivity contribution in [3.8, 4) is 11.8 Å². The van der Waals surface area contributed by atoms with E-state index in [2.05, 4.69) is 14.8 Å². The van der Waals surface area contributed by atoms with Gasteiger partial charge in [-0.15, -0.1) is 13.2 Å². The monoisotopic (exact) mass is 385 g/mol. The third kappa shape index (κ3) is 4.68. The number of β-amino-alcohol motifs (C(OH)–C–C–N with tert-alkyl or cyclic N) is 1. The van der Waals surface area contributed by atoms with E-state index in [1.807, 2.05) is 0 Å². The molecular weight excluding hydrogens is 371 g/mol. The van der Waals surface area contributed by atoms with Crippen LogP contribution in [0.3, 0.4) is 0 Å². The average Bonchev–Trinajstić information content (AvgIpc) is 2.90. The maximum absolute atomic E-state index is 12.4. The molecule has 1 amide bonds. The first kappa shape index (κ1) is 20.1. The van der Waals surface area contributed by atoms with Gasteiger partial charge in [-0.05, 0) is 12.1 Å². The Morgan fingerprint density at radius 3 is 2.70 bits per heavy atom. The predicted octanol–water partition coefficient (Wildman–Crippen LogP) is 1.13. The Kier molecular flexibility index (Phi) is 5.91. The summed E-state index contributed by atoms with van der Waals surface area (Å²) in [5, 5.41) is 20.7. The van der Waals surface area contributed by atoms with Crippen LogP contribution in [0.1, 0.15) is 5.56 Å². The number of nitrogens with zero attached hydrogens (tertiary/aromatic N) is 2. The van der Waals surface area contributed by atoms with Gasteiger partial charge in [0, 0.05) is 12.6 Å². The number of nitriles is 1. The molecule has 0 atom stereocenters. The van der Waals surface area contributed by atoms with E-state index in [9.17, 15) is 22.8 Å². The van der Waals surface area contributed by atoms with Gasteiger partial charge in [-0.2, -0.15) is 5.26 Å². The van der Waals surface area contributed by atoms with Gasteiger partial charge in [-0.25, -0.2) is 4.79 Å². The molecule has 1 aliphatic rings. The number of halogens is 3. The van der Waals surface area contributed by atoms with Crippen LogP contribution in [0.25, 0.3) is 0 Å². The van der Waals surface area contributed by atoms with Gasteiger partial charge in [0.05, 0.1) is 37.1 Å². The quantitative estimate of drug-likeness (QED) is 0.706. The molecule has 1 heterocycles. The molecule has 1 aromatic carbocycles. The summed E-state index contributed by atoms with van der Waals surface area (Å²) < 4.78 is 45.6. The highest BCUT2D eigenvalue weighted by Crippen LogP contribution is 2.30. The van der Waals surface area contributed by atoms with Gasteiger partial charge in [0.25, 0.3) is 5.91 Å². The number of amides is 1. The van der Waals surface area contributed by atoms with Crippen LogP contribution >= 0.6 is 0 Å². The third-order valence-electron chi connectivity index (χ3n) is 3.56. The van der Waals surface area contributed by atoms with Crippen LogP contribution in [-0.4, -0.2) is 55.1 Å². The molecule has 0 bridgehead atoms. The number of nitrogens with one attached hydrogen (secondary N) is 1. The summed E-state index contributed by atoms with van der Waals surface area (Å²) in [5.74, 6) is -2.11. The van der Waals surface area contributed by atoms with E-state index >= 15 is 0 Å². The van der Waals surface area contributed by atoms with Crippen LogP contribution < -0.4 is 10.1 Å². The highest BCUT2D eigenvalue weighted by atomic mass is 19.4. The summed E-state index contributed by atoms with van der Waals surface area (Å²) in [6, 6.07) is 4.67. The minimum Gasteiger partial charge on any atom is -0.466 e. The van der Waals surface area contributed by atoms with Gasteiger partial charge in [-0.3, -0.25) is 4.79 Å². The van der Waals surface area contributed by atoms with E-state index in [-0.39, 0.29) is 42.2 Å². The minimum absolute atomic E-state index is 0.0627. The largest absolute Gasteiger partial charge is 0.573 e. The SMILES string of the molecule is COC(=O)C1=C(Nc2cc(OC(F)(F)F)ccc2C#N)C(=O)N(CCO)C1. The van der Waals surface area contributed by atoms with Gasteiger partial charge in [0.2, 0.25) is 0 Å². The first-order valence-corrected chi connectivity index (χ1v) is 7.48. The Labute approximate surface area is 151 Å². The molecule has 0 aliphatic carbocycles. The molecule has 11 heteroatoms. The van der Waals surface area contributed by atoms with Crippen molar-refractivity contribution in [2.24, 2.45) is 0 Å². The van der Waals surface area contributed by atoms with Crippen LogP contribution in [0.2, 0.25) is 0 Å². The minimum atomic E-state index is -4.94. The van der Waals surface area contributed by atoms with E-state index in [1.54, 1.807) is 6.07 Å². The number of aliphatic hydroxyl groups is 1. The fourth-order valence-electron chi connectivity index (χ4n) is 2.41. The number of esters is 1. The molecule has 1 aromatic rings. The summed E-state index contributed by atoms with van der Waals surface area (Å²) in [4.78, 5) is 25.5. The predicted molar refractivity (Wildman–Crippen MR) is 84.2 cm³/mol. The van der Waals surface area contributed by atoms with Crippen LogP contribution in [-0.2, 0) is 14.3 Å². The van der Waals surface area contributed by atoms with Crippen molar-refractivity contribution >= 4 is 17.6 Å². The van der Waals surface area contributed by atoms with Crippen LogP contribution in [0.15, 0.2) is 29.5 Å². The second kappa shape index (κ2) is 7.96. The number of benzene rings is 1. The number of carbonyl (C=O) groups is 2. The van der Waals surface area contributed by atoms with Crippen molar-refractivity contribution in [2.75, 3.05) is 32.1 Å². The fraction of sp³-hybridized carbons (Fsp3) is 0.312. The molecule has 0 fully saturated rings. The molecule has 8 nitrogen and oxygen atoms in total. The Morgan fingerprint density at radius 1 is 1.44 bits per heavy atom. The van der Waals surface area contributed by atoms with Crippen molar-refractivity contribution in [3.63, 3.8) is 0 Å². The van der Waals surface area contributed by atoms with Gasteiger partial charge >= 0.3 is 12.3 Å². The van der Waals surface area contributed by atoms with Gasteiger partial charge in [0.1, 0.15) is 17.5 Å². The zero-order valence-electron chi connectivity index (χ0n) is 14.0. The normalized spacial score (nSPS) is 14.2. The number of ether oxygens (including phenoxy) is 2.